The van der Waals surface area contributed by atoms with Crippen molar-refractivity contribution in [2.45, 2.75) is 25.7 Å². The van der Waals surface area contributed by atoms with Gasteiger partial charge in [-0.15, -0.1) is 11.3 Å². The number of para-hydroxylation sites is 1. The average Bonchev–Trinajstić information content (AvgIpc) is 3.47. The summed E-state index contributed by atoms with van der Waals surface area (Å²) in [6.07, 6.45) is 1.63. The van der Waals surface area contributed by atoms with E-state index in [9.17, 15) is 9.18 Å². The van der Waals surface area contributed by atoms with Gasteiger partial charge in [0.15, 0.2) is 6.29 Å². The van der Waals surface area contributed by atoms with Gasteiger partial charge in [0.1, 0.15) is 18.2 Å². The van der Waals surface area contributed by atoms with Crippen molar-refractivity contribution in [1.29, 1.82) is 0 Å². The van der Waals surface area contributed by atoms with Gasteiger partial charge in [0.25, 0.3) is 5.91 Å². The van der Waals surface area contributed by atoms with E-state index in [1.54, 1.807) is 6.07 Å². The standard InChI is InChI=1S/C24H24FNO4S/c25-19-9-4-10-20-21(19)18(15-30-17-7-2-1-3-8-17)22(31-20)23(27)26-11-5-6-16(14-26)24-28-12-13-29-24/h1-4,7-10,16,24H,5-6,11-15H2. The number of amides is 1. The van der Waals surface area contributed by atoms with Gasteiger partial charge in [-0.1, -0.05) is 24.3 Å². The fraction of sp³-hybridized carbons (Fsp3) is 0.375. The van der Waals surface area contributed by atoms with E-state index in [4.69, 9.17) is 14.2 Å². The fourth-order valence-electron chi connectivity index (χ4n) is 4.36. The third-order valence-electron chi connectivity index (χ3n) is 5.86. The molecule has 0 aliphatic carbocycles. The Morgan fingerprint density at radius 3 is 2.74 bits per heavy atom. The van der Waals surface area contributed by atoms with Crippen molar-refractivity contribution in [2.24, 2.45) is 5.92 Å². The summed E-state index contributed by atoms with van der Waals surface area (Å²) in [5.74, 6) is 0.444. The molecule has 0 saturated carbocycles. The first-order valence-electron chi connectivity index (χ1n) is 10.6. The topological polar surface area (TPSA) is 48.0 Å². The van der Waals surface area contributed by atoms with E-state index in [-0.39, 0.29) is 30.5 Å². The highest BCUT2D eigenvalue weighted by atomic mass is 32.1. The maximum atomic E-state index is 14.8. The fourth-order valence-corrected chi connectivity index (χ4v) is 5.55. The predicted molar refractivity (Wildman–Crippen MR) is 117 cm³/mol. The van der Waals surface area contributed by atoms with Crippen LogP contribution in [-0.4, -0.2) is 43.4 Å². The second-order valence-electron chi connectivity index (χ2n) is 7.89. The van der Waals surface area contributed by atoms with E-state index < -0.39 is 0 Å². The molecule has 1 unspecified atom stereocenters. The Bertz CT molecular complexity index is 1060. The molecule has 1 amide bonds. The summed E-state index contributed by atoms with van der Waals surface area (Å²) in [4.78, 5) is 16.0. The first-order valence-corrected chi connectivity index (χ1v) is 11.4. The summed E-state index contributed by atoms with van der Waals surface area (Å²) >= 11 is 1.33. The van der Waals surface area contributed by atoms with Crippen LogP contribution in [0.2, 0.25) is 0 Å². The Hall–Kier alpha value is -2.48. The average molecular weight is 442 g/mol. The number of carbonyl (C=O) groups excluding carboxylic acids is 1. The van der Waals surface area contributed by atoms with Crippen molar-refractivity contribution in [2.75, 3.05) is 26.3 Å². The molecular weight excluding hydrogens is 417 g/mol. The van der Waals surface area contributed by atoms with E-state index in [0.29, 0.717) is 47.9 Å². The highest BCUT2D eigenvalue weighted by Gasteiger charge is 2.34. The lowest BCUT2D eigenvalue weighted by molar-refractivity contribution is -0.0969. The number of benzene rings is 2. The molecule has 2 aliphatic rings. The van der Waals surface area contributed by atoms with E-state index in [0.717, 1.165) is 17.5 Å². The van der Waals surface area contributed by atoms with E-state index in [2.05, 4.69) is 0 Å². The van der Waals surface area contributed by atoms with Crippen LogP contribution in [0.25, 0.3) is 10.1 Å². The van der Waals surface area contributed by atoms with Crippen LogP contribution in [0.3, 0.4) is 0 Å². The number of piperidine rings is 1. The van der Waals surface area contributed by atoms with Crippen LogP contribution < -0.4 is 4.74 Å². The van der Waals surface area contributed by atoms with Gasteiger partial charge < -0.3 is 19.1 Å². The van der Waals surface area contributed by atoms with E-state index in [1.807, 2.05) is 41.3 Å². The molecule has 5 rings (SSSR count). The van der Waals surface area contributed by atoms with Crippen LogP contribution in [0.1, 0.15) is 28.1 Å². The first-order chi connectivity index (χ1) is 15.2. The molecular formula is C24H24FNO4S. The first kappa shape index (κ1) is 20.4. The SMILES string of the molecule is O=C(c1sc2cccc(F)c2c1COc1ccccc1)N1CCCC(C2OCCO2)C1. The Kier molecular flexibility index (Phi) is 5.89. The van der Waals surface area contributed by atoms with Crippen molar-refractivity contribution >= 4 is 27.3 Å². The smallest absolute Gasteiger partial charge is 0.264 e. The number of carbonyl (C=O) groups is 1. The molecule has 2 saturated heterocycles. The Morgan fingerprint density at radius 2 is 1.94 bits per heavy atom. The van der Waals surface area contributed by atoms with Gasteiger partial charge in [-0.05, 0) is 37.1 Å². The molecule has 5 nitrogen and oxygen atoms in total. The number of rotatable bonds is 5. The van der Waals surface area contributed by atoms with E-state index in [1.165, 1.54) is 17.4 Å². The second kappa shape index (κ2) is 8.94. The minimum atomic E-state index is -0.330. The molecule has 7 heteroatoms. The van der Waals surface area contributed by atoms with Gasteiger partial charge >= 0.3 is 0 Å². The normalized spacial score (nSPS) is 19.8. The lowest BCUT2D eigenvalue weighted by atomic mass is 9.97. The summed E-state index contributed by atoms with van der Waals surface area (Å²) in [6.45, 7) is 2.60. The van der Waals surface area contributed by atoms with Crippen molar-refractivity contribution in [1.82, 2.24) is 4.90 Å². The molecule has 0 N–H and O–H groups in total. The van der Waals surface area contributed by atoms with Crippen LogP contribution in [0.15, 0.2) is 48.5 Å². The second-order valence-corrected chi connectivity index (χ2v) is 8.94. The Labute approximate surface area is 184 Å². The van der Waals surface area contributed by atoms with Crippen molar-refractivity contribution in [3.8, 4) is 5.75 Å². The molecule has 0 radical (unpaired) electrons. The predicted octanol–water partition coefficient (Wildman–Crippen LogP) is 4.84. The molecule has 0 bridgehead atoms. The third kappa shape index (κ3) is 4.18. The van der Waals surface area contributed by atoms with Crippen molar-refractivity contribution in [3.05, 3.63) is 64.8 Å². The lowest BCUT2D eigenvalue weighted by Gasteiger charge is -2.34. The van der Waals surface area contributed by atoms with Crippen LogP contribution in [0.5, 0.6) is 5.75 Å². The zero-order valence-electron chi connectivity index (χ0n) is 17.1. The highest BCUT2D eigenvalue weighted by Crippen LogP contribution is 2.36. The number of halogens is 1. The third-order valence-corrected chi connectivity index (χ3v) is 7.05. The molecule has 31 heavy (non-hydrogen) atoms. The van der Waals surface area contributed by atoms with Crippen LogP contribution in [0.4, 0.5) is 4.39 Å². The van der Waals surface area contributed by atoms with Gasteiger partial charge in [0.05, 0.1) is 18.1 Å². The molecule has 3 aromatic rings. The van der Waals surface area contributed by atoms with Gasteiger partial charge in [0, 0.05) is 34.7 Å². The zero-order valence-corrected chi connectivity index (χ0v) is 17.9. The molecule has 1 atom stereocenters. The zero-order chi connectivity index (χ0) is 21.2. The number of hydrogen-bond acceptors (Lipinski definition) is 5. The monoisotopic (exact) mass is 441 g/mol. The minimum Gasteiger partial charge on any atom is -0.489 e. The number of thiophene rings is 1. The molecule has 0 spiro atoms. The van der Waals surface area contributed by atoms with Crippen LogP contribution in [0, 0.1) is 11.7 Å². The molecule has 162 valence electrons. The summed E-state index contributed by atoms with van der Waals surface area (Å²) in [5, 5.41) is 0.475. The molecule has 2 aromatic carbocycles. The van der Waals surface area contributed by atoms with Crippen LogP contribution in [-0.2, 0) is 16.1 Å². The highest BCUT2D eigenvalue weighted by molar-refractivity contribution is 7.21. The largest absolute Gasteiger partial charge is 0.489 e. The number of ether oxygens (including phenoxy) is 3. The molecule has 2 aliphatic heterocycles. The molecule has 2 fully saturated rings. The van der Waals surface area contributed by atoms with Gasteiger partial charge in [0.2, 0.25) is 0 Å². The summed E-state index contributed by atoms with van der Waals surface area (Å²) in [6, 6.07) is 14.3. The lowest BCUT2D eigenvalue weighted by Crippen LogP contribution is -2.43. The van der Waals surface area contributed by atoms with Crippen molar-refractivity contribution in [3.63, 3.8) is 0 Å². The number of likely N-dealkylation sites (tertiary alicyclic amines) is 1. The maximum absolute atomic E-state index is 14.8. The minimum absolute atomic E-state index is 0.0741. The Morgan fingerprint density at radius 1 is 1.13 bits per heavy atom. The number of hydrogen-bond donors (Lipinski definition) is 0. The quantitative estimate of drug-likeness (QED) is 0.568. The Balaban J connectivity index is 1.44. The van der Waals surface area contributed by atoms with Gasteiger partial charge in [-0.25, -0.2) is 4.39 Å². The summed E-state index contributed by atoms with van der Waals surface area (Å²) < 4.78 is 32.8. The van der Waals surface area contributed by atoms with Crippen LogP contribution >= 0.6 is 11.3 Å². The maximum Gasteiger partial charge on any atom is 0.264 e. The summed E-state index contributed by atoms with van der Waals surface area (Å²) in [7, 11) is 0. The van der Waals surface area contributed by atoms with Crippen molar-refractivity contribution < 1.29 is 23.4 Å². The number of fused-ring (bicyclic) bond motifs is 1. The summed E-state index contributed by atoms with van der Waals surface area (Å²) in [5.41, 5.74) is 0.613. The number of nitrogens with zero attached hydrogens (tertiary/aromatic N) is 1. The van der Waals surface area contributed by atoms with Gasteiger partial charge in [-0.2, -0.15) is 0 Å². The molecule has 3 heterocycles. The molecule has 1 aromatic heterocycles. The van der Waals surface area contributed by atoms with E-state index >= 15 is 0 Å². The van der Waals surface area contributed by atoms with Gasteiger partial charge in [-0.3, -0.25) is 4.79 Å².